The minimum atomic E-state index is -0.157. The molecule has 24 heavy (non-hydrogen) atoms. The van der Waals surface area contributed by atoms with Crippen LogP contribution in [0.4, 0.5) is 0 Å². The Morgan fingerprint density at radius 3 is 2.75 bits per heavy atom. The van der Waals surface area contributed by atoms with E-state index < -0.39 is 0 Å². The van der Waals surface area contributed by atoms with Gasteiger partial charge in [0.15, 0.2) is 0 Å². The van der Waals surface area contributed by atoms with Crippen LogP contribution in [0.15, 0.2) is 36.9 Å². The Hall–Kier alpha value is -2.25. The molecule has 0 unspecified atom stereocenters. The van der Waals surface area contributed by atoms with Gasteiger partial charge in [0.1, 0.15) is 0 Å². The molecule has 2 atom stereocenters. The van der Waals surface area contributed by atoms with Crippen molar-refractivity contribution in [3.8, 4) is 0 Å². The third-order valence-corrected chi connectivity index (χ3v) is 4.15. The molecule has 0 aliphatic carbocycles. The second-order valence-electron chi connectivity index (χ2n) is 6.30. The fourth-order valence-electron chi connectivity index (χ4n) is 3.12. The average Bonchev–Trinajstić information content (AvgIpc) is 3.00. The molecule has 0 saturated carbocycles. The van der Waals surface area contributed by atoms with Crippen LogP contribution in [-0.4, -0.2) is 70.4 Å². The Bertz CT molecular complexity index is 685. The highest BCUT2D eigenvalue weighted by Gasteiger charge is 2.37. The Labute approximate surface area is 141 Å². The molecular formula is C17H23N5O2. The van der Waals surface area contributed by atoms with Crippen molar-refractivity contribution >= 4 is 5.91 Å². The fraction of sp³-hybridized carbons (Fsp3) is 0.471. The van der Waals surface area contributed by atoms with Gasteiger partial charge in [-0.1, -0.05) is 0 Å². The lowest BCUT2D eigenvalue weighted by molar-refractivity contribution is -0.0684. The van der Waals surface area contributed by atoms with Crippen LogP contribution in [0.1, 0.15) is 22.0 Å². The highest BCUT2D eigenvalue weighted by molar-refractivity contribution is 5.94. The number of aromatic nitrogens is 3. The molecule has 1 aliphatic heterocycles. The van der Waals surface area contributed by atoms with Crippen molar-refractivity contribution in [2.24, 2.45) is 7.05 Å². The van der Waals surface area contributed by atoms with Crippen molar-refractivity contribution in [1.29, 1.82) is 0 Å². The molecular weight excluding hydrogens is 306 g/mol. The van der Waals surface area contributed by atoms with Crippen LogP contribution in [0.2, 0.25) is 0 Å². The van der Waals surface area contributed by atoms with Gasteiger partial charge in [-0.05, 0) is 26.2 Å². The zero-order valence-electron chi connectivity index (χ0n) is 14.3. The van der Waals surface area contributed by atoms with E-state index in [4.69, 9.17) is 4.74 Å². The predicted octanol–water partition coefficient (Wildman–Crippen LogP) is 0.959. The molecule has 2 aromatic rings. The monoisotopic (exact) mass is 329 g/mol. The molecule has 0 bridgehead atoms. The molecule has 1 amide bonds. The van der Waals surface area contributed by atoms with Gasteiger partial charge in [-0.3, -0.25) is 14.5 Å². The van der Waals surface area contributed by atoms with Crippen LogP contribution >= 0.6 is 0 Å². The lowest BCUT2D eigenvalue weighted by atomic mass is 9.99. The highest BCUT2D eigenvalue weighted by atomic mass is 16.5. The van der Waals surface area contributed by atoms with E-state index in [-0.39, 0.29) is 18.1 Å². The normalized spacial score (nSPS) is 21.2. The van der Waals surface area contributed by atoms with Gasteiger partial charge in [-0.25, -0.2) is 0 Å². The van der Waals surface area contributed by atoms with Crippen molar-refractivity contribution in [2.75, 3.05) is 33.8 Å². The summed E-state index contributed by atoms with van der Waals surface area (Å²) in [6, 6.07) is 3.34. The first-order chi connectivity index (χ1) is 11.6. The Morgan fingerprint density at radius 1 is 1.38 bits per heavy atom. The van der Waals surface area contributed by atoms with Crippen molar-refractivity contribution < 1.29 is 9.53 Å². The number of nitrogens with zero attached hydrogens (tertiary/aromatic N) is 5. The first-order valence-electron chi connectivity index (χ1n) is 8.02. The van der Waals surface area contributed by atoms with Crippen LogP contribution in [0.5, 0.6) is 0 Å². The minimum absolute atomic E-state index is 0.00157. The first kappa shape index (κ1) is 16.6. The minimum Gasteiger partial charge on any atom is -0.373 e. The topological polar surface area (TPSA) is 63.5 Å². The maximum Gasteiger partial charge on any atom is 0.254 e. The summed E-state index contributed by atoms with van der Waals surface area (Å²) in [5.41, 5.74) is 1.64. The Kier molecular flexibility index (Phi) is 4.92. The fourth-order valence-corrected chi connectivity index (χ4v) is 3.12. The maximum absolute atomic E-state index is 13.0. The lowest BCUT2D eigenvalue weighted by Crippen LogP contribution is -2.51. The molecule has 2 aromatic heterocycles. The lowest BCUT2D eigenvalue weighted by Gasteiger charge is -2.41. The summed E-state index contributed by atoms with van der Waals surface area (Å²) in [4.78, 5) is 21.0. The summed E-state index contributed by atoms with van der Waals surface area (Å²) in [5.74, 6) is -0.00157. The number of carbonyl (C=O) groups is 1. The van der Waals surface area contributed by atoms with E-state index in [1.165, 1.54) is 0 Å². The number of amides is 1. The third kappa shape index (κ3) is 3.47. The van der Waals surface area contributed by atoms with Gasteiger partial charge in [0.05, 0.1) is 24.9 Å². The summed E-state index contributed by atoms with van der Waals surface area (Å²) >= 11 is 0. The van der Waals surface area contributed by atoms with Gasteiger partial charge in [0.25, 0.3) is 5.91 Å². The molecule has 128 valence electrons. The largest absolute Gasteiger partial charge is 0.373 e. The van der Waals surface area contributed by atoms with Crippen LogP contribution in [-0.2, 0) is 11.8 Å². The number of pyridine rings is 1. The van der Waals surface area contributed by atoms with E-state index in [2.05, 4.69) is 15.0 Å². The van der Waals surface area contributed by atoms with E-state index in [1.807, 2.05) is 38.4 Å². The molecule has 3 rings (SSSR count). The molecule has 0 aromatic carbocycles. The number of aryl methyl sites for hydroxylation is 1. The molecule has 0 spiro atoms. The number of ether oxygens (including phenoxy) is 1. The molecule has 3 heterocycles. The first-order valence-corrected chi connectivity index (χ1v) is 8.02. The summed E-state index contributed by atoms with van der Waals surface area (Å²) in [6.07, 6.45) is 6.96. The molecule has 1 aliphatic rings. The van der Waals surface area contributed by atoms with Crippen molar-refractivity contribution in [3.05, 3.63) is 48.0 Å². The van der Waals surface area contributed by atoms with Gasteiger partial charge in [0.2, 0.25) is 0 Å². The summed E-state index contributed by atoms with van der Waals surface area (Å²) in [5, 5.41) is 4.27. The predicted molar refractivity (Wildman–Crippen MR) is 89.5 cm³/mol. The van der Waals surface area contributed by atoms with Crippen LogP contribution < -0.4 is 0 Å². The highest BCUT2D eigenvalue weighted by Crippen LogP contribution is 2.31. The van der Waals surface area contributed by atoms with E-state index in [1.54, 1.807) is 29.2 Å². The van der Waals surface area contributed by atoms with Crippen molar-refractivity contribution in [1.82, 2.24) is 24.6 Å². The smallest absolute Gasteiger partial charge is 0.254 e. The number of carbonyl (C=O) groups excluding carboxylic acids is 1. The summed E-state index contributed by atoms with van der Waals surface area (Å²) in [6.45, 7) is 1.83. The maximum atomic E-state index is 13.0. The van der Waals surface area contributed by atoms with Crippen LogP contribution in [0.3, 0.4) is 0 Å². The molecule has 0 N–H and O–H groups in total. The Balaban J connectivity index is 1.94. The van der Waals surface area contributed by atoms with E-state index in [0.29, 0.717) is 18.7 Å². The zero-order chi connectivity index (χ0) is 17.1. The van der Waals surface area contributed by atoms with Gasteiger partial charge in [0, 0.05) is 49.9 Å². The van der Waals surface area contributed by atoms with Crippen LogP contribution in [0.25, 0.3) is 0 Å². The average molecular weight is 329 g/mol. The SMILES string of the molecule is CN(C)C[C@@H]1OCCN(C(=O)c2ccncc2)[C@H]1c1cnn(C)c1. The van der Waals surface area contributed by atoms with E-state index in [0.717, 1.165) is 12.1 Å². The number of likely N-dealkylation sites (N-methyl/N-ethyl adjacent to an activating group) is 1. The number of rotatable bonds is 4. The molecule has 7 heteroatoms. The second kappa shape index (κ2) is 7.11. The molecule has 1 fully saturated rings. The molecule has 7 nitrogen and oxygen atoms in total. The third-order valence-electron chi connectivity index (χ3n) is 4.15. The summed E-state index contributed by atoms with van der Waals surface area (Å²) < 4.78 is 7.75. The van der Waals surface area contributed by atoms with Gasteiger partial charge in [-0.15, -0.1) is 0 Å². The number of hydrogen-bond donors (Lipinski definition) is 0. The second-order valence-corrected chi connectivity index (χ2v) is 6.30. The van der Waals surface area contributed by atoms with E-state index >= 15 is 0 Å². The van der Waals surface area contributed by atoms with Crippen molar-refractivity contribution in [3.63, 3.8) is 0 Å². The molecule has 0 radical (unpaired) electrons. The standard InChI is InChI=1S/C17H23N5O2/c1-20(2)12-15-16(14-10-19-21(3)11-14)22(8-9-24-15)17(23)13-4-6-18-7-5-13/h4-7,10-11,15-16H,8-9,12H2,1-3H3/t15-,16-/m0/s1. The number of morpholine rings is 1. The Morgan fingerprint density at radius 2 is 2.12 bits per heavy atom. The van der Waals surface area contributed by atoms with Gasteiger partial charge in [-0.2, -0.15) is 5.10 Å². The molecule has 1 saturated heterocycles. The van der Waals surface area contributed by atoms with Crippen molar-refractivity contribution in [2.45, 2.75) is 12.1 Å². The quantitative estimate of drug-likeness (QED) is 0.836. The van der Waals surface area contributed by atoms with E-state index in [9.17, 15) is 4.79 Å². The summed E-state index contributed by atoms with van der Waals surface area (Å²) in [7, 11) is 5.89. The van der Waals surface area contributed by atoms with Gasteiger partial charge >= 0.3 is 0 Å². The van der Waals surface area contributed by atoms with Gasteiger partial charge < -0.3 is 14.5 Å². The zero-order valence-corrected chi connectivity index (χ0v) is 14.3. The number of hydrogen-bond acceptors (Lipinski definition) is 5. The van der Waals surface area contributed by atoms with Crippen LogP contribution in [0, 0.1) is 0 Å².